The number of nitro groups is 1. The largest absolute Gasteiger partial charge is 0.368 e. The Hall–Kier alpha value is -2.96. The summed E-state index contributed by atoms with van der Waals surface area (Å²) in [5.74, 6) is -0.275. The fraction of sp³-hybridized carbons (Fsp3) is 0.235. The van der Waals surface area contributed by atoms with Crippen molar-refractivity contribution in [2.45, 2.75) is 0 Å². The van der Waals surface area contributed by atoms with Crippen molar-refractivity contribution in [1.29, 1.82) is 0 Å². The first kappa shape index (κ1) is 15.9. The Morgan fingerprint density at radius 1 is 1.00 bits per heavy atom. The van der Waals surface area contributed by atoms with Gasteiger partial charge < -0.3 is 9.80 Å². The molecule has 7 heteroatoms. The number of hydrogen-bond donors (Lipinski definition) is 0. The van der Waals surface area contributed by atoms with Crippen LogP contribution in [-0.2, 0) is 0 Å². The summed E-state index contributed by atoms with van der Waals surface area (Å²) >= 11 is 0. The molecule has 2 aromatic carbocycles. The summed E-state index contributed by atoms with van der Waals surface area (Å²) in [4.78, 5) is 25.7. The second-order valence-electron chi connectivity index (χ2n) is 5.57. The maximum atomic E-state index is 13.0. The number of carbonyl (C=O) groups excluding carboxylic acids is 1. The lowest BCUT2D eigenvalue weighted by Crippen LogP contribution is -2.46. The van der Waals surface area contributed by atoms with E-state index in [0.717, 1.165) is 5.69 Å². The molecule has 2 aromatic rings. The number of nitro benzene ring substituents is 1. The molecule has 1 aliphatic rings. The number of aldehydes is 1. The van der Waals surface area contributed by atoms with Gasteiger partial charge in [-0.15, -0.1) is 0 Å². The fourth-order valence-corrected chi connectivity index (χ4v) is 2.88. The summed E-state index contributed by atoms with van der Waals surface area (Å²) in [5.41, 5.74) is 1.68. The molecule has 0 unspecified atom stereocenters. The molecule has 0 aromatic heterocycles. The van der Waals surface area contributed by atoms with Gasteiger partial charge in [0.2, 0.25) is 0 Å². The molecule has 1 fully saturated rings. The molecule has 0 radical (unpaired) electrons. The van der Waals surface area contributed by atoms with Gasteiger partial charge in [0.05, 0.1) is 4.92 Å². The van der Waals surface area contributed by atoms with Crippen LogP contribution in [0.1, 0.15) is 10.4 Å². The lowest BCUT2D eigenvalue weighted by Gasteiger charge is -2.37. The predicted octanol–water partition coefficient (Wildman–Crippen LogP) is 2.87. The molecule has 3 rings (SSSR count). The van der Waals surface area contributed by atoms with Crippen LogP contribution in [-0.4, -0.2) is 37.4 Å². The Kier molecular flexibility index (Phi) is 4.41. The van der Waals surface area contributed by atoms with Crippen molar-refractivity contribution in [2.24, 2.45) is 0 Å². The summed E-state index contributed by atoms with van der Waals surface area (Å²) in [6.45, 7) is 2.58. The van der Waals surface area contributed by atoms with Gasteiger partial charge in [-0.2, -0.15) is 0 Å². The van der Waals surface area contributed by atoms with Gasteiger partial charge in [-0.1, -0.05) is 0 Å². The molecule has 124 valence electrons. The summed E-state index contributed by atoms with van der Waals surface area (Å²) in [7, 11) is 0. The van der Waals surface area contributed by atoms with E-state index in [-0.39, 0.29) is 17.1 Å². The van der Waals surface area contributed by atoms with Crippen LogP contribution < -0.4 is 9.80 Å². The number of anilines is 2. The van der Waals surface area contributed by atoms with Crippen LogP contribution in [0.5, 0.6) is 0 Å². The summed E-state index contributed by atoms with van der Waals surface area (Å²) in [6, 6.07) is 10.8. The normalized spacial score (nSPS) is 14.5. The lowest BCUT2D eigenvalue weighted by molar-refractivity contribution is -0.384. The first-order chi connectivity index (χ1) is 11.6. The minimum absolute atomic E-state index is 0.0603. The van der Waals surface area contributed by atoms with Gasteiger partial charge in [-0.05, 0) is 36.4 Å². The standard InChI is InChI=1S/C17H16FN3O3/c18-14-2-4-15(5-3-14)19-7-9-20(10-8-19)16-6-1-13(12-22)11-17(16)21(23)24/h1-6,11-12H,7-10H2. The highest BCUT2D eigenvalue weighted by atomic mass is 19.1. The summed E-state index contributed by atoms with van der Waals surface area (Å²) in [6.07, 6.45) is 0.600. The predicted molar refractivity (Wildman–Crippen MR) is 89.3 cm³/mol. The van der Waals surface area contributed by atoms with Crippen molar-refractivity contribution in [3.05, 3.63) is 64.0 Å². The molecule has 1 heterocycles. The molecular formula is C17H16FN3O3. The number of carbonyl (C=O) groups is 1. The Balaban J connectivity index is 1.76. The van der Waals surface area contributed by atoms with E-state index >= 15 is 0 Å². The second kappa shape index (κ2) is 6.66. The molecule has 24 heavy (non-hydrogen) atoms. The molecule has 0 atom stereocenters. The number of rotatable bonds is 4. The average molecular weight is 329 g/mol. The topological polar surface area (TPSA) is 66.7 Å². The molecule has 1 saturated heterocycles. The highest BCUT2D eigenvalue weighted by Gasteiger charge is 2.24. The van der Waals surface area contributed by atoms with Crippen LogP contribution in [0.25, 0.3) is 0 Å². The van der Waals surface area contributed by atoms with E-state index in [2.05, 4.69) is 4.90 Å². The van der Waals surface area contributed by atoms with Crippen molar-refractivity contribution in [1.82, 2.24) is 0 Å². The van der Waals surface area contributed by atoms with Crippen LogP contribution in [0.2, 0.25) is 0 Å². The van der Waals surface area contributed by atoms with Crippen molar-refractivity contribution < 1.29 is 14.1 Å². The zero-order chi connectivity index (χ0) is 17.1. The van der Waals surface area contributed by atoms with Crippen molar-refractivity contribution in [2.75, 3.05) is 36.0 Å². The fourth-order valence-electron chi connectivity index (χ4n) is 2.88. The minimum Gasteiger partial charge on any atom is -0.368 e. The van der Waals surface area contributed by atoms with E-state index in [1.165, 1.54) is 18.2 Å². The second-order valence-corrected chi connectivity index (χ2v) is 5.57. The summed E-state index contributed by atoms with van der Waals surface area (Å²) in [5, 5.41) is 11.3. The third kappa shape index (κ3) is 3.19. The van der Waals surface area contributed by atoms with Crippen LogP contribution >= 0.6 is 0 Å². The summed E-state index contributed by atoms with van der Waals surface area (Å²) < 4.78 is 13.0. The minimum atomic E-state index is -0.464. The monoisotopic (exact) mass is 329 g/mol. The first-order valence-electron chi connectivity index (χ1n) is 7.57. The molecule has 1 aliphatic heterocycles. The molecular weight excluding hydrogens is 313 g/mol. The van der Waals surface area contributed by atoms with Crippen LogP contribution in [0, 0.1) is 15.9 Å². The van der Waals surface area contributed by atoms with E-state index < -0.39 is 4.92 Å². The highest BCUT2D eigenvalue weighted by Crippen LogP contribution is 2.30. The Morgan fingerprint density at radius 2 is 1.62 bits per heavy atom. The number of piperazine rings is 1. The van der Waals surface area contributed by atoms with Crippen molar-refractivity contribution in [3.63, 3.8) is 0 Å². The van der Waals surface area contributed by atoms with Gasteiger partial charge in [0.1, 0.15) is 17.8 Å². The van der Waals surface area contributed by atoms with Crippen molar-refractivity contribution in [3.8, 4) is 0 Å². The molecule has 0 amide bonds. The Bertz CT molecular complexity index is 756. The average Bonchev–Trinajstić information content (AvgIpc) is 2.62. The van der Waals surface area contributed by atoms with Crippen LogP contribution in [0.4, 0.5) is 21.5 Å². The Labute approximate surface area is 138 Å². The number of benzene rings is 2. The van der Waals surface area contributed by atoms with E-state index in [4.69, 9.17) is 0 Å². The van der Waals surface area contributed by atoms with Gasteiger partial charge in [0, 0.05) is 43.5 Å². The maximum Gasteiger partial charge on any atom is 0.293 e. The molecule has 0 N–H and O–H groups in total. The highest BCUT2D eigenvalue weighted by molar-refractivity contribution is 5.79. The maximum absolute atomic E-state index is 13.0. The first-order valence-corrected chi connectivity index (χ1v) is 7.57. The molecule has 0 saturated carbocycles. The molecule has 6 nitrogen and oxygen atoms in total. The van der Waals surface area contributed by atoms with Crippen molar-refractivity contribution >= 4 is 23.3 Å². The van der Waals surface area contributed by atoms with E-state index in [9.17, 15) is 19.3 Å². The van der Waals surface area contributed by atoms with Gasteiger partial charge in [0.15, 0.2) is 0 Å². The Morgan fingerprint density at radius 3 is 2.21 bits per heavy atom. The van der Waals surface area contributed by atoms with Gasteiger partial charge in [-0.25, -0.2) is 4.39 Å². The molecule has 0 spiro atoms. The number of halogens is 1. The van der Waals surface area contributed by atoms with Crippen LogP contribution in [0.15, 0.2) is 42.5 Å². The zero-order valence-electron chi connectivity index (χ0n) is 12.9. The third-order valence-electron chi connectivity index (χ3n) is 4.14. The quantitative estimate of drug-likeness (QED) is 0.490. The van der Waals surface area contributed by atoms with Gasteiger partial charge >= 0.3 is 0 Å². The lowest BCUT2D eigenvalue weighted by atomic mass is 10.1. The molecule has 0 bridgehead atoms. The van der Waals surface area contributed by atoms with Gasteiger partial charge in [0.25, 0.3) is 5.69 Å². The number of hydrogen-bond acceptors (Lipinski definition) is 5. The zero-order valence-corrected chi connectivity index (χ0v) is 12.9. The number of nitrogens with zero attached hydrogens (tertiary/aromatic N) is 3. The van der Waals surface area contributed by atoms with E-state index in [1.807, 2.05) is 4.90 Å². The van der Waals surface area contributed by atoms with Crippen LogP contribution in [0.3, 0.4) is 0 Å². The van der Waals surface area contributed by atoms with E-state index in [1.54, 1.807) is 24.3 Å². The third-order valence-corrected chi connectivity index (χ3v) is 4.14. The molecule has 0 aliphatic carbocycles. The van der Waals surface area contributed by atoms with E-state index in [0.29, 0.717) is 38.2 Å². The smallest absolute Gasteiger partial charge is 0.293 e. The van der Waals surface area contributed by atoms with Gasteiger partial charge in [-0.3, -0.25) is 14.9 Å². The SMILES string of the molecule is O=Cc1ccc(N2CCN(c3ccc(F)cc3)CC2)c([N+](=O)[O-])c1.